The quantitative estimate of drug-likeness (QED) is 0.900. The normalized spacial score (nSPS) is 11.1. The molecule has 0 aromatic carbocycles. The van der Waals surface area contributed by atoms with Crippen LogP contribution >= 0.6 is 11.6 Å². The molecule has 2 aromatic heterocycles. The molecule has 0 saturated carbocycles. The number of nitrogens with one attached hydrogen (secondary N) is 1. The Morgan fingerprint density at radius 3 is 2.72 bits per heavy atom. The first-order valence-corrected chi connectivity index (χ1v) is 6.40. The Labute approximate surface area is 112 Å². The van der Waals surface area contributed by atoms with Crippen LogP contribution < -0.4 is 5.32 Å². The van der Waals surface area contributed by atoms with Crippen LogP contribution in [0.2, 0.25) is 5.02 Å². The minimum absolute atomic E-state index is 0.698. The van der Waals surface area contributed by atoms with E-state index in [1.807, 2.05) is 30.9 Å². The molecule has 6 heteroatoms. The van der Waals surface area contributed by atoms with Gasteiger partial charge in [0.2, 0.25) is 0 Å². The van der Waals surface area contributed by atoms with E-state index in [0.29, 0.717) is 6.54 Å². The van der Waals surface area contributed by atoms with Crippen molar-refractivity contribution in [2.75, 3.05) is 0 Å². The molecule has 0 fully saturated rings. The summed E-state index contributed by atoms with van der Waals surface area (Å²) in [6, 6.07) is 2.00. The molecule has 0 radical (unpaired) electrons. The maximum atomic E-state index is 6.24. The molecule has 0 atom stereocenters. The summed E-state index contributed by atoms with van der Waals surface area (Å²) in [5.41, 5.74) is 2.94. The molecule has 2 rings (SSSR count). The lowest BCUT2D eigenvalue weighted by atomic mass is 10.3. The number of hydrogen-bond donors (Lipinski definition) is 1. The summed E-state index contributed by atoms with van der Waals surface area (Å²) in [6.07, 6.45) is 1.93. The molecule has 0 aliphatic rings. The molecular weight excluding hydrogens is 250 g/mol. The molecular formula is C12H18ClN5. The predicted molar refractivity (Wildman–Crippen MR) is 71.4 cm³/mol. The first-order valence-electron chi connectivity index (χ1n) is 6.02. The lowest BCUT2D eigenvalue weighted by molar-refractivity contribution is 0.573. The molecule has 2 heterocycles. The Balaban J connectivity index is 1.98. The average molecular weight is 268 g/mol. The van der Waals surface area contributed by atoms with E-state index in [1.54, 1.807) is 4.68 Å². The summed E-state index contributed by atoms with van der Waals surface area (Å²) in [6.45, 7) is 6.24. The SMILES string of the molecule is CCn1nc(C)c(Cl)c1CNCc1ccn(C)n1. The van der Waals surface area contributed by atoms with Crippen LogP contribution in [-0.4, -0.2) is 19.6 Å². The van der Waals surface area contributed by atoms with Gasteiger partial charge in [-0.25, -0.2) is 0 Å². The van der Waals surface area contributed by atoms with Gasteiger partial charge in [0.15, 0.2) is 0 Å². The van der Waals surface area contributed by atoms with Gasteiger partial charge in [-0.2, -0.15) is 10.2 Å². The summed E-state index contributed by atoms with van der Waals surface area (Å²) in [7, 11) is 1.91. The molecule has 0 unspecified atom stereocenters. The van der Waals surface area contributed by atoms with Gasteiger partial charge in [0, 0.05) is 32.9 Å². The summed E-state index contributed by atoms with van der Waals surface area (Å²) >= 11 is 6.24. The summed E-state index contributed by atoms with van der Waals surface area (Å²) in [5.74, 6) is 0. The number of rotatable bonds is 5. The van der Waals surface area contributed by atoms with E-state index >= 15 is 0 Å². The van der Waals surface area contributed by atoms with Crippen molar-refractivity contribution < 1.29 is 0 Å². The lowest BCUT2D eigenvalue weighted by Crippen LogP contribution is -2.17. The van der Waals surface area contributed by atoms with E-state index in [4.69, 9.17) is 11.6 Å². The summed E-state index contributed by atoms with van der Waals surface area (Å²) < 4.78 is 3.73. The Bertz CT molecular complexity index is 529. The largest absolute Gasteiger partial charge is 0.305 e. The van der Waals surface area contributed by atoms with Crippen molar-refractivity contribution in [3.8, 4) is 0 Å². The molecule has 0 aliphatic carbocycles. The zero-order chi connectivity index (χ0) is 13.1. The summed E-state index contributed by atoms with van der Waals surface area (Å²) in [4.78, 5) is 0. The van der Waals surface area contributed by atoms with Crippen molar-refractivity contribution in [2.45, 2.75) is 33.5 Å². The smallest absolute Gasteiger partial charge is 0.0860 e. The van der Waals surface area contributed by atoms with Gasteiger partial charge < -0.3 is 5.32 Å². The Hall–Kier alpha value is -1.33. The monoisotopic (exact) mass is 267 g/mol. The van der Waals surface area contributed by atoms with Gasteiger partial charge in [0.25, 0.3) is 0 Å². The van der Waals surface area contributed by atoms with Crippen molar-refractivity contribution in [3.63, 3.8) is 0 Å². The van der Waals surface area contributed by atoms with Crippen LogP contribution in [0, 0.1) is 6.92 Å². The summed E-state index contributed by atoms with van der Waals surface area (Å²) in [5, 5.41) is 12.8. The number of nitrogens with zero attached hydrogens (tertiary/aromatic N) is 4. The van der Waals surface area contributed by atoms with Gasteiger partial charge in [-0.1, -0.05) is 11.6 Å². The Morgan fingerprint density at radius 2 is 2.11 bits per heavy atom. The van der Waals surface area contributed by atoms with Crippen LogP contribution in [0.5, 0.6) is 0 Å². The average Bonchev–Trinajstić information content (AvgIpc) is 2.87. The highest BCUT2D eigenvalue weighted by atomic mass is 35.5. The maximum Gasteiger partial charge on any atom is 0.0860 e. The maximum absolute atomic E-state index is 6.24. The van der Waals surface area contributed by atoms with Crippen LogP contribution in [0.4, 0.5) is 0 Å². The van der Waals surface area contributed by atoms with E-state index in [9.17, 15) is 0 Å². The number of hydrogen-bond acceptors (Lipinski definition) is 3. The van der Waals surface area contributed by atoms with Crippen LogP contribution in [0.25, 0.3) is 0 Å². The van der Waals surface area contributed by atoms with E-state index in [-0.39, 0.29) is 0 Å². The minimum atomic E-state index is 0.698. The third-order valence-electron chi connectivity index (χ3n) is 2.82. The highest BCUT2D eigenvalue weighted by molar-refractivity contribution is 6.31. The molecule has 0 amide bonds. The number of aryl methyl sites for hydroxylation is 3. The molecule has 0 spiro atoms. The molecule has 1 N–H and O–H groups in total. The third kappa shape index (κ3) is 2.73. The van der Waals surface area contributed by atoms with E-state index in [1.165, 1.54) is 0 Å². The van der Waals surface area contributed by atoms with Crippen molar-refractivity contribution in [1.82, 2.24) is 24.9 Å². The van der Waals surface area contributed by atoms with Crippen LogP contribution in [0.3, 0.4) is 0 Å². The zero-order valence-corrected chi connectivity index (χ0v) is 11.7. The topological polar surface area (TPSA) is 47.7 Å². The van der Waals surface area contributed by atoms with Crippen molar-refractivity contribution >= 4 is 11.6 Å². The molecule has 0 aliphatic heterocycles. The molecule has 98 valence electrons. The standard InChI is InChI=1S/C12H18ClN5/c1-4-18-11(12(13)9(2)15-18)8-14-7-10-5-6-17(3)16-10/h5-6,14H,4,7-8H2,1-3H3. The van der Waals surface area contributed by atoms with Gasteiger partial charge in [-0.05, 0) is 19.9 Å². The highest BCUT2D eigenvalue weighted by Gasteiger charge is 2.11. The fourth-order valence-corrected chi connectivity index (χ4v) is 2.11. The van der Waals surface area contributed by atoms with Gasteiger partial charge in [-0.3, -0.25) is 9.36 Å². The van der Waals surface area contributed by atoms with Crippen molar-refractivity contribution in [2.24, 2.45) is 7.05 Å². The Morgan fingerprint density at radius 1 is 1.33 bits per heavy atom. The second-order valence-corrected chi connectivity index (χ2v) is 4.62. The third-order valence-corrected chi connectivity index (χ3v) is 3.31. The van der Waals surface area contributed by atoms with E-state index < -0.39 is 0 Å². The number of aromatic nitrogens is 4. The second-order valence-electron chi connectivity index (χ2n) is 4.25. The highest BCUT2D eigenvalue weighted by Crippen LogP contribution is 2.19. The first kappa shape index (κ1) is 13.1. The molecule has 0 saturated heterocycles. The van der Waals surface area contributed by atoms with Crippen LogP contribution in [0.15, 0.2) is 12.3 Å². The minimum Gasteiger partial charge on any atom is -0.305 e. The molecule has 2 aromatic rings. The van der Waals surface area contributed by atoms with Crippen molar-refractivity contribution in [1.29, 1.82) is 0 Å². The molecule has 0 bridgehead atoms. The van der Waals surface area contributed by atoms with E-state index in [0.717, 1.165) is 35.2 Å². The molecule has 18 heavy (non-hydrogen) atoms. The van der Waals surface area contributed by atoms with E-state index in [2.05, 4.69) is 22.4 Å². The number of halogens is 1. The predicted octanol–water partition coefficient (Wildman–Crippen LogP) is 1.89. The second kappa shape index (κ2) is 5.54. The van der Waals surface area contributed by atoms with Gasteiger partial charge in [-0.15, -0.1) is 0 Å². The Kier molecular flexibility index (Phi) is 4.04. The van der Waals surface area contributed by atoms with Gasteiger partial charge in [0.05, 0.1) is 22.1 Å². The lowest BCUT2D eigenvalue weighted by Gasteiger charge is -2.06. The zero-order valence-electron chi connectivity index (χ0n) is 10.9. The van der Waals surface area contributed by atoms with Crippen LogP contribution in [0.1, 0.15) is 24.0 Å². The fraction of sp³-hybridized carbons (Fsp3) is 0.500. The van der Waals surface area contributed by atoms with Gasteiger partial charge in [0.1, 0.15) is 0 Å². The van der Waals surface area contributed by atoms with Gasteiger partial charge >= 0.3 is 0 Å². The van der Waals surface area contributed by atoms with Crippen LogP contribution in [-0.2, 0) is 26.7 Å². The fourth-order valence-electron chi connectivity index (χ4n) is 1.90. The molecule has 5 nitrogen and oxygen atoms in total. The van der Waals surface area contributed by atoms with Crippen molar-refractivity contribution in [3.05, 3.63) is 34.4 Å². The first-order chi connectivity index (χ1) is 8.61.